The Bertz CT molecular complexity index is 716. The first kappa shape index (κ1) is 15.3. The van der Waals surface area contributed by atoms with E-state index in [1.54, 1.807) is 6.07 Å². The molecule has 0 spiro atoms. The number of nitrogens with two attached hydrogens (primary N) is 1. The minimum atomic E-state index is -0.545. The van der Waals surface area contributed by atoms with Gasteiger partial charge in [0.1, 0.15) is 0 Å². The van der Waals surface area contributed by atoms with E-state index in [2.05, 4.69) is 21.2 Å². The summed E-state index contributed by atoms with van der Waals surface area (Å²) >= 11 is 8.90. The number of rotatable bonds is 3. The van der Waals surface area contributed by atoms with Gasteiger partial charge in [0.15, 0.2) is 0 Å². The van der Waals surface area contributed by atoms with Gasteiger partial charge >= 0.3 is 0 Å². The van der Waals surface area contributed by atoms with Crippen LogP contribution in [0.2, 0.25) is 5.02 Å². The average molecular weight is 371 g/mol. The average Bonchev–Trinajstić information content (AvgIpc) is 2.39. The summed E-state index contributed by atoms with van der Waals surface area (Å²) in [5.74, 6) is -0.458. The van der Waals surface area contributed by atoms with Crippen LogP contribution < -0.4 is 11.1 Å². The van der Waals surface area contributed by atoms with Gasteiger partial charge in [-0.3, -0.25) is 14.9 Å². The molecule has 0 saturated carbocycles. The van der Waals surface area contributed by atoms with Gasteiger partial charge in [0.25, 0.3) is 11.6 Å². The third kappa shape index (κ3) is 3.71. The molecule has 108 valence electrons. The molecule has 2 rings (SSSR count). The van der Waals surface area contributed by atoms with Crippen LogP contribution >= 0.6 is 27.5 Å². The summed E-state index contributed by atoms with van der Waals surface area (Å²) < 4.78 is 0.331. The van der Waals surface area contributed by atoms with Crippen LogP contribution in [0.4, 0.5) is 17.1 Å². The number of nitro groups is 1. The van der Waals surface area contributed by atoms with Crippen molar-refractivity contribution in [1.29, 1.82) is 0 Å². The van der Waals surface area contributed by atoms with Gasteiger partial charge in [-0.25, -0.2) is 0 Å². The van der Waals surface area contributed by atoms with Crippen molar-refractivity contribution in [3.8, 4) is 0 Å². The van der Waals surface area contributed by atoms with E-state index in [9.17, 15) is 14.9 Å². The fraction of sp³-hybridized carbons (Fsp3) is 0. The van der Waals surface area contributed by atoms with Crippen molar-refractivity contribution in [2.45, 2.75) is 0 Å². The Labute approximate surface area is 133 Å². The quantitative estimate of drug-likeness (QED) is 0.487. The fourth-order valence-corrected chi connectivity index (χ4v) is 2.31. The summed E-state index contributed by atoms with van der Waals surface area (Å²) in [6.07, 6.45) is 0. The summed E-state index contributed by atoms with van der Waals surface area (Å²) in [5.41, 5.74) is 6.40. The summed E-state index contributed by atoms with van der Waals surface area (Å²) in [6, 6.07) is 8.73. The molecule has 0 aliphatic rings. The van der Waals surface area contributed by atoms with Crippen molar-refractivity contribution < 1.29 is 9.72 Å². The predicted octanol–water partition coefficient (Wildman–Crippen LogP) is 3.85. The zero-order chi connectivity index (χ0) is 15.6. The van der Waals surface area contributed by atoms with E-state index in [4.69, 9.17) is 17.3 Å². The highest BCUT2D eigenvalue weighted by atomic mass is 79.9. The number of anilines is 2. The number of nitrogens with one attached hydrogen (secondary N) is 1. The van der Waals surface area contributed by atoms with Gasteiger partial charge in [-0.2, -0.15) is 0 Å². The molecule has 6 nitrogen and oxygen atoms in total. The van der Waals surface area contributed by atoms with Crippen molar-refractivity contribution in [1.82, 2.24) is 0 Å². The molecule has 0 saturated heterocycles. The zero-order valence-corrected chi connectivity index (χ0v) is 12.8. The Balaban J connectivity index is 2.27. The van der Waals surface area contributed by atoms with Gasteiger partial charge in [-0.1, -0.05) is 11.6 Å². The van der Waals surface area contributed by atoms with Crippen LogP contribution in [0.25, 0.3) is 0 Å². The molecular weight excluding hydrogens is 362 g/mol. The molecule has 2 aromatic rings. The lowest BCUT2D eigenvalue weighted by Crippen LogP contribution is -2.12. The van der Waals surface area contributed by atoms with Gasteiger partial charge in [0.2, 0.25) is 0 Å². The molecule has 8 heteroatoms. The number of carbonyl (C=O) groups excluding carboxylic acids is 1. The lowest BCUT2D eigenvalue weighted by Gasteiger charge is -2.07. The minimum absolute atomic E-state index is 0.140. The van der Waals surface area contributed by atoms with E-state index >= 15 is 0 Å². The maximum absolute atomic E-state index is 12.1. The first-order chi connectivity index (χ1) is 9.86. The van der Waals surface area contributed by atoms with E-state index in [1.807, 2.05) is 0 Å². The third-order valence-electron chi connectivity index (χ3n) is 2.58. The molecule has 0 atom stereocenters. The molecule has 0 aromatic heterocycles. The number of amides is 1. The van der Waals surface area contributed by atoms with E-state index in [0.717, 1.165) is 0 Å². The molecule has 0 radical (unpaired) electrons. The third-order valence-corrected chi connectivity index (χ3v) is 3.47. The van der Waals surface area contributed by atoms with Gasteiger partial charge in [-0.05, 0) is 46.3 Å². The monoisotopic (exact) mass is 369 g/mol. The number of hydrogen-bond donors (Lipinski definition) is 2. The number of nitrogen functional groups attached to an aromatic ring is 1. The van der Waals surface area contributed by atoms with Crippen molar-refractivity contribution in [2.24, 2.45) is 0 Å². The molecule has 0 aliphatic heterocycles. The van der Waals surface area contributed by atoms with Crippen LogP contribution in [0.15, 0.2) is 40.9 Å². The molecule has 0 bridgehead atoms. The van der Waals surface area contributed by atoms with Crippen LogP contribution in [-0.4, -0.2) is 10.8 Å². The first-order valence-corrected chi connectivity index (χ1v) is 6.85. The van der Waals surface area contributed by atoms with Crippen LogP contribution in [0.5, 0.6) is 0 Å². The van der Waals surface area contributed by atoms with E-state index in [-0.39, 0.29) is 11.3 Å². The molecule has 0 aliphatic carbocycles. The lowest BCUT2D eigenvalue weighted by atomic mass is 10.2. The smallest absolute Gasteiger partial charge is 0.285 e. The molecule has 0 fully saturated rings. The van der Waals surface area contributed by atoms with E-state index in [0.29, 0.717) is 20.9 Å². The molecule has 3 N–H and O–H groups in total. The van der Waals surface area contributed by atoms with E-state index < -0.39 is 10.8 Å². The lowest BCUT2D eigenvalue weighted by molar-refractivity contribution is -0.385. The normalized spacial score (nSPS) is 10.2. The fourth-order valence-electron chi connectivity index (χ4n) is 1.68. The summed E-state index contributed by atoms with van der Waals surface area (Å²) in [6.45, 7) is 0. The summed E-state index contributed by atoms with van der Waals surface area (Å²) in [7, 11) is 0. The summed E-state index contributed by atoms with van der Waals surface area (Å²) in [4.78, 5) is 22.4. The van der Waals surface area contributed by atoms with Gasteiger partial charge in [0, 0.05) is 28.0 Å². The maximum atomic E-state index is 12.1. The van der Waals surface area contributed by atoms with Gasteiger partial charge in [-0.15, -0.1) is 0 Å². The topological polar surface area (TPSA) is 98.3 Å². The number of nitrogens with zero attached hydrogens (tertiary/aromatic N) is 1. The first-order valence-electron chi connectivity index (χ1n) is 5.68. The van der Waals surface area contributed by atoms with Crippen LogP contribution in [-0.2, 0) is 0 Å². The highest BCUT2D eigenvalue weighted by Gasteiger charge is 2.14. The number of halogens is 2. The minimum Gasteiger partial charge on any atom is -0.399 e. The Kier molecular flexibility index (Phi) is 4.44. The van der Waals surface area contributed by atoms with Crippen molar-refractivity contribution >= 4 is 50.5 Å². The Hall–Kier alpha value is -2.12. The van der Waals surface area contributed by atoms with Crippen LogP contribution in [0, 0.1) is 10.1 Å². The Morgan fingerprint density at radius 1 is 1.29 bits per heavy atom. The number of benzene rings is 2. The Morgan fingerprint density at radius 3 is 2.62 bits per heavy atom. The highest BCUT2D eigenvalue weighted by molar-refractivity contribution is 9.10. The molecule has 0 heterocycles. The van der Waals surface area contributed by atoms with E-state index in [1.165, 1.54) is 30.3 Å². The maximum Gasteiger partial charge on any atom is 0.285 e. The molecule has 21 heavy (non-hydrogen) atoms. The molecule has 1 amide bonds. The molecular formula is C13H9BrClN3O3. The largest absolute Gasteiger partial charge is 0.399 e. The van der Waals surface area contributed by atoms with Crippen LogP contribution in [0.3, 0.4) is 0 Å². The highest BCUT2D eigenvalue weighted by Crippen LogP contribution is 2.28. The number of nitro benzene ring substituents is 1. The summed E-state index contributed by atoms with van der Waals surface area (Å²) in [5, 5.41) is 13.7. The second-order valence-electron chi connectivity index (χ2n) is 4.15. The SMILES string of the molecule is Nc1cc(Cl)cc(C(=O)Nc2ccc(Br)c([N+](=O)[O-])c2)c1. The number of hydrogen-bond acceptors (Lipinski definition) is 4. The standard InChI is InChI=1S/C13H9BrClN3O3/c14-11-2-1-10(6-12(11)18(20)21)17-13(19)7-3-8(15)5-9(16)4-7/h1-6H,16H2,(H,17,19). The van der Waals surface area contributed by atoms with Crippen molar-refractivity contribution in [2.75, 3.05) is 11.1 Å². The van der Waals surface area contributed by atoms with Gasteiger partial charge in [0.05, 0.1) is 9.40 Å². The zero-order valence-electron chi connectivity index (χ0n) is 10.5. The predicted molar refractivity (Wildman–Crippen MR) is 84.6 cm³/mol. The van der Waals surface area contributed by atoms with Crippen molar-refractivity contribution in [3.05, 3.63) is 61.6 Å². The number of carbonyl (C=O) groups is 1. The second kappa shape index (κ2) is 6.11. The molecule has 0 unspecified atom stereocenters. The van der Waals surface area contributed by atoms with Gasteiger partial charge < -0.3 is 11.1 Å². The Morgan fingerprint density at radius 2 is 2.00 bits per heavy atom. The van der Waals surface area contributed by atoms with Crippen molar-refractivity contribution in [3.63, 3.8) is 0 Å². The molecule has 2 aromatic carbocycles. The second-order valence-corrected chi connectivity index (χ2v) is 5.44. The van der Waals surface area contributed by atoms with Crippen LogP contribution in [0.1, 0.15) is 10.4 Å².